The van der Waals surface area contributed by atoms with Crippen molar-refractivity contribution in [1.29, 1.82) is 0 Å². The Labute approximate surface area is 213 Å². The van der Waals surface area contributed by atoms with Crippen LogP contribution in [-0.2, 0) is 23.9 Å². The summed E-state index contributed by atoms with van der Waals surface area (Å²) in [5.74, 6) is -2.78. The Morgan fingerprint density at radius 3 is 2.42 bits per heavy atom. The van der Waals surface area contributed by atoms with Gasteiger partial charge in [0.1, 0.15) is 17.6 Å². The number of ether oxygens (including phenoxy) is 2. The number of likely N-dealkylation sites (tertiary alicyclic amines) is 1. The molecule has 3 fully saturated rings. The van der Waals surface area contributed by atoms with Crippen LogP contribution in [-0.4, -0.2) is 77.4 Å². The van der Waals surface area contributed by atoms with E-state index < -0.39 is 41.1 Å². The van der Waals surface area contributed by atoms with Crippen LogP contribution < -0.4 is 10.2 Å². The van der Waals surface area contributed by atoms with Gasteiger partial charge in [-0.15, -0.1) is 0 Å². The summed E-state index contributed by atoms with van der Waals surface area (Å²) in [5.41, 5.74) is -0.342. The Morgan fingerprint density at radius 2 is 1.86 bits per heavy atom. The molecule has 2 bridgehead atoms. The Morgan fingerprint density at radius 1 is 1.19 bits per heavy atom. The molecule has 0 aromatic heterocycles. The third-order valence-electron chi connectivity index (χ3n) is 8.34. The molecule has 9 nitrogen and oxygen atoms in total. The van der Waals surface area contributed by atoms with Crippen molar-refractivity contribution in [3.8, 4) is 0 Å². The maximum Gasteiger partial charge on any atom is 0.312 e. The average molecular weight is 502 g/mol. The molecular weight excluding hydrogens is 462 g/mol. The summed E-state index contributed by atoms with van der Waals surface area (Å²) >= 11 is 0. The van der Waals surface area contributed by atoms with Crippen LogP contribution in [0.25, 0.3) is 0 Å². The van der Waals surface area contributed by atoms with E-state index in [-0.39, 0.29) is 25.0 Å². The molecule has 9 heteroatoms. The van der Waals surface area contributed by atoms with Crippen molar-refractivity contribution in [2.45, 2.75) is 77.2 Å². The normalized spacial score (nSPS) is 31.3. The predicted molar refractivity (Wildman–Crippen MR) is 135 cm³/mol. The lowest BCUT2D eigenvalue weighted by Crippen LogP contribution is -2.56. The summed E-state index contributed by atoms with van der Waals surface area (Å²) in [6.07, 6.45) is 1.49. The number of fused-ring (bicyclic) bond motifs is 1. The molecule has 0 radical (unpaired) electrons. The summed E-state index contributed by atoms with van der Waals surface area (Å²) in [6.45, 7) is 11.3. The molecule has 0 saturated carbocycles. The van der Waals surface area contributed by atoms with E-state index in [1.807, 2.05) is 38.1 Å². The molecule has 198 valence electrons. The molecule has 3 heterocycles. The molecular formula is C27H39N3O6. The van der Waals surface area contributed by atoms with Crippen molar-refractivity contribution in [3.05, 3.63) is 24.3 Å². The molecule has 4 rings (SSSR count). The SMILES string of the molecule is CCOC(=O)[C@H]1[C@H]2C(=O)N([C@@H](CC)CO)C(C(=O)Nc3ccc(N(CC)CC)cc3)C23CC[C@]1(C)O3. The van der Waals surface area contributed by atoms with Crippen molar-refractivity contribution in [3.63, 3.8) is 0 Å². The summed E-state index contributed by atoms with van der Waals surface area (Å²) in [6, 6.07) is 6.09. The molecule has 2 amide bonds. The zero-order valence-electron chi connectivity index (χ0n) is 22.0. The monoisotopic (exact) mass is 501 g/mol. The lowest BCUT2D eigenvalue weighted by Gasteiger charge is -2.36. The van der Waals surface area contributed by atoms with Gasteiger partial charge in [0.25, 0.3) is 0 Å². The van der Waals surface area contributed by atoms with E-state index in [0.29, 0.717) is 24.9 Å². The van der Waals surface area contributed by atoms with E-state index in [1.165, 1.54) is 4.90 Å². The van der Waals surface area contributed by atoms with Gasteiger partial charge in [-0.2, -0.15) is 0 Å². The van der Waals surface area contributed by atoms with Crippen molar-refractivity contribution in [2.75, 3.05) is 36.5 Å². The Kier molecular flexibility index (Phi) is 7.35. The molecule has 1 spiro atoms. The third kappa shape index (κ3) is 3.96. The summed E-state index contributed by atoms with van der Waals surface area (Å²) in [4.78, 5) is 44.5. The number of esters is 1. The highest BCUT2D eigenvalue weighted by Crippen LogP contribution is 2.63. The highest BCUT2D eigenvalue weighted by atomic mass is 16.6. The molecule has 2 unspecified atom stereocenters. The number of amides is 2. The number of aliphatic hydroxyl groups excluding tert-OH is 1. The number of hydrogen-bond acceptors (Lipinski definition) is 7. The van der Waals surface area contributed by atoms with E-state index in [9.17, 15) is 19.5 Å². The van der Waals surface area contributed by atoms with Crippen LogP contribution >= 0.6 is 0 Å². The van der Waals surface area contributed by atoms with Crippen LogP contribution in [0.1, 0.15) is 53.9 Å². The van der Waals surface area contributed by atoms with Gasteiger partial charge in [0.15, 0.2) is 0 Å². The molecule has 3 aliphatic heterocycles. The van der Waals surface area contributed by atoms with Crippen LogP contribution in [0, 0.1) is 11.8 Å². The van der Waals surface area contributed by atoms with E-state index in [4.69, 9.17) is 9.47 Å². The Bertz CT molecular complexity index is 992. The second-order valence-electron chi connectivity index (χ2n) is 10.2. The maximum absolute atomic E-state index is 13.9. The quantitative estimate of drug-likeness (QED) is 0.475. The minimum absolute atomic E-state index is 0.199. The fraction of sp³-hybridized carbons (Fsp3) is 0.667. The number of hydrogen-bond donors (Lipinski definition) is 2. The molecule has 6 atom stereocenters. The lowest BCUT2D eigenvalue weighted by atomic mass is 9.66. The first-order chi connectivity index (χ1) is 17.2. The molecule has 1 aromatic carbocycles. The summed E-state index contributed by atoms with van der Waals surface area (Å²) < 4.78 is 11.9. The minimum Gasteiger partial charge on any atom is -0.466 e. The Balaban J connectivity index is 1.69. The van der Waals surface area contributed by atoms with E-state index in [1.54, 1.807) is 6.92 Å². The van der Waals surface area contributed by atoms with Crippen LogP contribution in [0.4, 0.5) is 11.4 Å². The fourth-order valence-corrected chi connectivity index (χ4v) is 6.61. The molecule has 0 aliphatic carbocycles. The number of carbonyl (C=O) groups excluding carboxylic acids is 3. The van der Waals surface area contributed by atoms with Crippen molar-refractivity contribution in [2.24, 2.45) is 11.8 Å². The third-order valence-corrected chi connectivity index (χ3v) is 8.34. The predicted octanol–water partition coefficient (Wildman–Crippen LogP) is 2.57. The van der Waals surface area contributed by atoms with Crippen molar-refractivity contribution in [1.82, 2.24) is 4.90 Å². The zero-order chi connectivity index (χ0) is 26.3. The molecule has 36 heavy (non-hydrogen) atoms. The highest BCUT2D eigenvalue weighted by molar-refractivity contribution is 6.03. The van der Waals surface area contributed by atoms with Gasteiger partial charge in [-0.3, -0.25) is 14.4 Å². The standard InChI is InChI=1S/C27H39N3O6/c1-6-18(16-31)30-22(23(32)28-17-10-12-19(13-11-17)29(7-2)8-3)27-15-14-26(5,36-27)21(20(27)24(30)33)25(34)35-9-4/h10-13,18,20-22,31H,6-9,14-16H2,1-5H3,(H,28,32)/t18-,20-,21+,22?,26-,27?/m0/s1. The Hall–Kier alpha value is -2.65. The van der Waals surface area contributed by atoms with Crippen LogP contribution in [0.3, 0.4) is 0 Å². The highest BCUT2D eigenvalue weighted by Gasteiger charge is 2.78. The number of rotatable bonds is 10. The van der Waals surface area contributed by atoms with Gasteiger partial charge >= 0.3 is 5.97 Å². The zero-order valence-corrected chi connectivity index (χ0v) is 22.0. The van der Waals surface area contributed by atoms with Crippen molar-refractivity contribution >= 4 is 29.2 Å². The largest absolute Gasteiger partial charge is 0.466 e. The van der Waals surface area contributed by atoms with E-state index in [2.05, 4.69) is 24.1 Å². The first-order valence-corrected chi connectivity index (χ1v) is 13.2. The van der Waals surface area contributed by atoms with Gasteiger partial charge in [0.05, 0.1) is 30.8 Å². The molecule has 3 aliphatic rings. The lowest BCUT2D eigenvalue weighted by molar-refractivity contribution is -0.160. The topological polar surface area (TPSA) is 108 Å². The number of benzene rings is 1. The van der Waals surface area contributed by atoms with Gasteiger partial charge < -0.3 is 29.7 Å². The minimum atomic E-state index is -1.14. The second-order valence-corrected chi connectivity index (χ2v) is 10.2. The van der Waals surface area contributed by atoms with Gasteiger partial charge in [0, 0.05) is 24.5 Å². The molecule has 1 aromatic rings. The average Bonchev–Trinajstić information content (AvgIpc) is 3.43. The van der Waals surface area contributed by atoms with Crippen LogP contribution in [0.2, 0.25) is 0 Å². The fourth-order valence-electron chi connectivity index (χ4n) is 6.61. The second kappa shape index (κ2) is 10.0. The first kappa shape index (κ1) is 26.4. The number of carbonyl (C=O) groups is 3. The first-order valence-electron chi connectivity index (χ1n) is 13.2. The smallest absolute Gasteiger partial charge is 0.312 e. The van der Waals surface area contributed by atoms with Crippen LogP contribution in [0.5, 0.6) is 0 Å². The number of anilines is 2. The van der Waals surface area contributed by atoms with Gasteiger partial charge in [-0.1, -0.05) is 6.92 Å². The maximum atomic E-state index is 13.9. The van der Waals surface area contributed by atoms with Crippen molar-refractivity contribution < 1.29 is 29.0 Å². The molecule has 3 saturated heterocycles. The number of aliphatic hydroxyl groups is 1. The van der Waals surface area contributed by atoms with Crippen LogP contribution in [0.15, 0.2) is 24.3 Å². The van der Waals surface area contributed by atoms with Gasteiger partial charge in [0.2, 0.25) is 11.8 Å². The number of nitrogens with one attached hydrogen (secondary N) is 1. The number of nitrogens with zero attached hydrogens (tertiary/aromatic N) is 2. The summed E-state index contributed by atoms with van der Waals surface area (Å²) in [5, 5.41) is 13.1. The van der Waals surface area contributed by atoms with Gasteiger partial charge in [-0.25, -0.2) is 0 Å². The molecule has 2 N–H and O–H groups in total. The van der Waals surface area contributed by atoms with E-state index >= 15 is 0 Å². The van der Waals surface area contributed by atoms with E-state index in [0.717, 1.165) is 18.8 Å². The summed E-state index contributed by atoms with van der Waals surface area (Å²) in [7, 11) is 0. The van der Waals surface area contributed by atoms with Gasteiger partial charge in [-0.05, 0) is 71.2 Å².